The molecule has 0 saturated carbocycles. The van der Waals surface area contributed by atoms with Gasteiger partial charge in [-0.3, -0.25) is 9.59 Å². The number of primary amides is 1. The first-order chi connectivity index (χ1) is 14.7. The van der Waals surface area contributed by atoms with Crippen LogP contribution in [0.4, 0.5) is 15.8 Å². The second kappa shape index (κ2) is 9.44. The molecule has 3 rings (SSSR count). The number of sulfonamides is 1. The van der Waals surface area contributed by atoms with Crippen molar-refractivity contribution < 1.29 is 22.4 Å². The van der Waals surface area contributed by atoms with Crippen LogP contribution in [0.5, 0.6) is 0 Å². The molecule has 0 aliphatic carbocycles. The van der Waals surface area contributed by atoms with Crippen LogP contribution in [-0.4, -0.2) is 39.4 Å². The van der Waals surface area contributed by atoms with Gasteiger partial charge in [0.15, 0.2) is 0 Å². The molecule has 4 N–H and O–H groups in total. The maximum Gasteiger partial charge on any atom is 0.244 e. The second-order valence-electron chi connectivity index (χ2n) is 7.47. The Balaban J connectivity index is 1.58. The third-order valence-electron chi connectivity index (χ3n) is 5.25. The normalized spacial score (nSPS) is 16.0. The van der Waals surface area contributed by atoms with Gasteiger partial charge in [0.2, 0.25) is 21.8 Å². The Morgan fingerprint density at radius 2 is 1.71 bits per heavy atom. The van der Waals surface area contributed by atoms with Gasteiger partial charge in [-0.25, -0.2) is 12.8 Å². The smallest absolute Gasteiger partial charge is 0.244 e. The summed E-state index contributed by atoms with van der Waals surface area (Å²) in [7, 11) is -4.18. The number of carbonyl (C=O) groups excluding carboxylic acids is 2. The summed E-state index contributed by atoms with van der Waals surface area (Å²) in [5.74, 6) is -1.82. The average molecular weight is 449 g/mol. The molecular formula is C21H25FN4O4S. The second-order valence-corrected chi connectivity index (χ2v) is 9.16. The van der Waals surface area contributed by atoms with E-state index in [2.05, 4.69) is 14.9 Å². The van der Waals surface area contributed by atoms with Crippen molar-refractivity contribution in [3.63, 3.8) is 0 Å². The average Bonchev–Trinajstić information content (AvgIpc) is 2.74. The first-order valence-corrected chi connectivity index (χ1v) is 11.4. The summed E-state index contributed by atoms with van der Waals surface area (Å²) >= 11 is 0. The van der Waals surface area contributed by atoms with Crippen LogP contribution in [0, 0.1) is 11.7 Å². The molecule has 1 aliphatic rings. The molecule has 2 amide bonds. The fourth-order valence-corrected chi connectivity index (χ4v) is 4.72. The van der Waals surface area contributed by atoms with Gasteiger partial charge in [-0.1, -0.05) is 12.1 Å². The van der Waals surface area contributed by atoms with E-state index in [1.807, 2.05) is 12.1 Å². The zero-order chi connectivity index (χ0) is 22.6. The van der Waals surface area contributed by atoms with E-state index in [9.17, 15) is 22.4 Å². The minimum atomic E-state index is -4.18. The Morgan fingerprint density at radius 1 is 1.10 bits per heavy atom. The number of nitrogens with zero attached hydrogens (tertiary/aromatic N) is 1. The lowest BCUT2D eigenvalue weighted by atomic mass is 9.96. The third-order valence-corrected chi connectivity index (χ3v) is 6.82. The van der Waals surface area contributed by atoms with Gasteiger partial charge in [-0.2, -0.15) is 4.72 Å². The summed E-state index contributed by atoms with van der Waals surface area (Å²) in [6, 6.07) is 11.0. The van der Waals surface area contributed by atoms with E-state index >= 15 is 0 Å². The number of nitrogens with one attached hydrogen (secondary N) is 2. The van der Waals surface area contributed by atoms with E-state index in [0.29, 0.717) is 31.6 Å². The van der Waals surface area contributed by atoms with Gasteiger partial charge in [0.25, 0.3) is 0 Å². The van der Waals surface area contributed by atoms with Crippen molar-refractivity contribution in [2.24, 2.45) is 11.7 Å². The fourth-order valence-electron chi connectivity index (χ4n) is 3.44. The number of piperidine rings is 1. The molecule has 1 aliphatic heterocycles. The van der Waals surface area contributed by atoms with E-state index in [1.165, 1.54) is 19.1 Å². The molecule has 1 heterocycles. The predicted molar refractivity (Wildman–Crippen MR) is 115 cm³/mol. The molecule has 31 heavy (non-hydrogen) atoms. The van der Waals surface area contributed by atoms with Gasteiger partial charge in [-0.05, 0) is 56.2 Å². The molecule has 2 aromatic rings. The number of benzene rings is 2. The number of amides is 2. The van der Waals surface area contributed by atoms with Crippen LogP contribution in [0.15, 0.2) is 53.4 Å². The minimum Gasteiger partial charge on any atom is -0.371 e. The zero-order valence-corrected chi connectivity index (χ0v) is 17.9. The van der Waals surface area contributed by atoms with E-state index in [0.717, 1.165) is 17.8 Å². The van der Waals surface area contributed by atoms with Gasteiger partial charge < -0.3 is 16.0 Å². The van der Waals surface area contributed by atoms with Gasteiger partial charge in [-0.15, -0.1) is 0 Å². The summed E-state index contributed by atoms with van der Waals surface area (Å²) in [5.41, 5.74) is 6.81. The third kappa shape index (κ3) is 5.59. The van der Waals surface area contributed by atoms with Crippen molar-refractivity contribution in [3.8, 4) is 0 Å². The SMILES string of the molecule is C[C@H](NS(=O)(=O)c1ccccc1F)C(=O)Nc1ccc(N2CCC(C(N)=O)CC2)cc1. The van der Waals surface area contributed by atoms with Crippen LogP contribution in [0.3, 0.4) is 0 Å². The molecule has 0 radical (unpaired) electrons. The Kier molecular flexibility index (Phi) is 6.91. The van der Waals surface area contributed by atoms with Gasteiger partial charge in [0, 0.05) is 30.4 Å². The van der Waals surface area contributed by atoms with Crippen LogP contribution in [0.1, 0.15) is 19.8 Å². The van der Waals surface area contributed by atoms with E-state index in [-0.39, 0.29) is 11.8 Å². The Labute approximate surface area is 180 Å². The summed E-state index contributed by atoms with van der Waals surface area (Å²) in [6.07, 6.45) is 1.40. The quantitative estimate of drug-likeness (QED) is 0.597. The molecule has 0 aromatic heterocycles. The van der Waals surface area contributed by atoms with Gasteiger partial charge >= 0.3 is 0 Å². The van der Waals surface area contributed by atoms with Gasteiger partial charge in [0.1, 0.15) is 10.7 Å². The van der Waals surface area contributed by atoms with Crippen molar-refractivity contribution >= 4 is 33.2 Å². The molecule has 0 spiro atoms. The van der Waals surface area contributed by atoms with Crippen molar-refractivity contribution in [1.29, 1.82) is 0 Å². The number of carbonyl (C=O) groups is 2. The monoisotopic (exact) mass is 448 g/mol. The lowest BCUT2D eigenvalue weighted by Gasteiger charge is -2.32. The standard InChI is InChI=1S/C21H25FN4O4S/c1-14(25-31(29,30)19-5-3-2-4-18(19)22)21(28)24-16-6-8-17(9-7-16)26-12-10-15(11-13-26)20(23)27/h2-9,14-15,25H,10-13H2,1H3,(H2,23,27)(H,24,28)/t14-/m0/s1. The Morgan fingerprint density at radius 3 is 2.29 bits per heavy atom. The molecule has 0 unspecified atom stereocenters. The maximum atomic E-state index is 13.8. The lowest BCUT2D eigenvalue weighted by Crippen LogP contribution is -2.41. The molecule has 8 nitrogen and oxygen atoms in total. The largest absolute Gasteiger partial charge is 0.371 e. The van der Waals surface area contributed by atoms with E-state index in [1.54, 1.807) is 12.1 Å². The summed E-state index contributed by atoms with van der Waals surface area (Å²) in [5, 5.41) is 2.64. The first kappa shape index (κ1) is 22.7. The van der Waals surface area contributed by atoms with Crippen molar-refractivity contribution in [2.75, 3.05) is 23.3 Å². The number of halogens is 1. The summed E-state index contributed by atoms with van der Waals surface area (Å²) < 4.78 is 40.7. The number of anilines is 2. The van der Waals surface area contributed by atoms with Crippen LogP contribution in [0.2, 0.25) is 0 Å². The molecule has 2 aromatic carbocycles. The molecule has 1 saturated heterocycles. The highest BCUT2D eigenvalue weighted by molar-refractivity contribution is 7.89. The zero-order valence-electron chi connectivity index (χ0n) is 17.0. The van der Waals surface area contributed by atoms with Gasteiger partial charge in [0.05, 0.1) is 6.04 Å². The van der Waals surface area contributed by atoms with Crippen molar-refractivity contribution in [3.05, 3.63) is 54.3 Å². The van der Waals surface area contributed by atoms with Crippen LogP contribution in [-0.2, 0) is 19.6 Å². The van der Waals surface area contributed by atoms with E-state index in [4.69, 9.17) is 5.73 Å². The number of hydrogen-bond acceptors (Lipinski definition) is 5. The Hall–Kier alpha value is -2.98. The topological polar surface area (TPSA) is 122 Å². The molecule has 10 heteroatoms. The molecule has 1 fully saturated rings. The summed E-state index contributed by atoms with van der Waals surface area (Å²) in [6.45, 7) is 2.81. The molecule has 1 atom stereocenters. The maximum absolute atomic E-state index is 13.8. The van der Waals surface area contributed by atoms with Crippen LogP contribution >= 0.6 is 0 Å². The highest BCUT2D eigenvalue weighted by Crippen LogP contribution is 2.24. The lowest BCUT2D eigenvalue weighted by molar-refractivity contribution is -0.122. The number of hydrogen-bond donors (Lipinski definition) is 3. The molecule has 0 bridgehead atoms. The first-order valence-electron chi connectivity index (χ1n) is 9.89. The summed E-state index contributed by atoms with van der Waals surface area (Å²) in [4.78, 5) is 25.3. The van der Waals surface area contributed by atoms with E-state index < -0.39 is 32.7 Å². The van der Waals surface area contributed by atoms with Crippen molar-refractivity contribution in [1.82, 2.24) is 4.72 Å². The number of rotatable bonds is 7. The van der Waals surface area contributed by atoms with Crippen LogP contribution < -0.4 is 20.7 Å². The highest BCUT2D eigenvalue weighted by Gasteiger charge is 2.25. The van der Waals surface area contributed by atoms with Crippen LogP contribution in [0.25, 0.3) is 0 Å². The number of nitrogens with two attached hydrogens (primary N) is 1. The Bertz CT molecular complexity index is 1050. The molecular weight excluding hydrogens is 423 g/mol. The van der Waals surface area contributed by atoms with Crippen molar-refractivity contribution in [2.45, 2.75) is 30.7 Å². The fraction of sp³-hybridized carbons (Fsp3) is 0.333. The minimum absolute atomic E-state index is 0.0931. The highest BCUT2D eigenvalue weighted by atomic mass is 32.2. The predicted octanol–water partition coefficient (Wildman–Crippen LogP) is 1.83. The molecule has 166 valence electrons.